The Hall–Kier alpha value is -2.35. The number of hydrogen-bond donors (Lipinski definition) is 1. The van der Waals surface area contributed by atoms with Crippen LogP contribution in [0.3, 0.4) is 0 Å². The van der Waals surface area contributed by atoms with E-state index in [2.05, 4.69) is 42.6 Å². The predicted molar refractivity (Wildman–Crippen MR) is 109 cm³/mol. The summed E-state index contributed by atoms with van der Waals surface area (Å²) >= 11 is 0. The van der Waals surface area contributed by atoms with E-state index < -0.39 is 0 Å². The van der Waals surface area contributed by atoms with Crippen LogP contribution in [0.15, 0.2) is 36.4 Å². The van der Waals surface area contributed by atoms with Crippen LogP contribution >= 0.6 is 12.4 Å². The number of hydrogen-bond acceptors (Lipinski definition) is 3. The molecule has 0 spiro atoms. The third kappa shape index (κ3) is 3.75. The number of unbranched alkanes of at least 4 members (excludes halogenated alkanes) is 1. The summed E-state index contributed by atoms with van der Waals surface area (Å²) in [5, 5.41) is 14.1. The maximum atomic E-state index is 9.28. The fourth-order valence-corrected chi connectivity index (χ4v) is 3.41. The molecule has 0 unspecified atom stereocenters. The van der Waals surface area contributed by atoms with Crippen molar-refractivity contribution in [3.8, 4) is 17.2 Å². The zero-order valence-corrected chi connectivity index (χ0v) is 16.1. The van der Waals surface area contributed by atoms with Gasteiger partial charge >= 0.3 is 0 Å². The summed E-state index contributed by atoms with van der Waals surface area (Å²) in [6, 6.07) is 14.4. The number of benzene rings is 1. The van der Waals surface area contributed by atoms with Gasteiger partial charge in [-0.2, -0.15) is 10.4 Å². The first-order valence-corrected chi connectivity index (χ1v) is 8.90. The standard InChI is InChI=1S/C21H24N4.ClH/c1-3-18-10-11-20-21(17-8-6-7-16(13-17)14-23)19(9-4-5-12-22)15(2)24-25(18)20;/h6-8,10-11,13H,3-5,9,12,22H2,1-2H3;1H. The molecule has 0 bridgehead atoms. The van der Waals surface area contributed by atoms with Crippen molar-refractivity contribution in [3.63, 3.8) is 0 Å². The van der Waals surface area contributed by atoms with E-state index in [-0.39, 0.29) is 12.4 Å². The molecule has 0 atom stereocenters. The Bertz CT molecular complexity index is 937. The van der Waals surface area contributed by atoms with E-state index >= 15 is 0 Å². The Morgan fingerprint density at radius 3 is 2.69 bits per heavy atom. The summed E-state index contributed by atoms with van der Waals surface area (Å²) in [6.07, 6.45) is 3.93. The SMILES string of the molecule is CCc1ccc2c(-c3cccc(C#N)c3)c(CCCCN)c(C)nn12.Cl. The minimum Gasteiger partial charge on any atom is -0.330 e. The van der Waals surface area contributed by atoms with Crippen molar-refractivity contribution in [1.29, 1.82) is 5.26 Å². The molecule has 1 aromatic carbocycles. The first kappa shape index (κ1) is 20.0. The zero-order valence-electron chi connectivity index (χ0n) is 15.3. The van der Waals surface area contributed by atoms with Crippen LogP contribution in [0.25, 0.3) is 16.6 Å². The second-order valence-corrected chi connectivity index (χ2v) is 6.35. The third-order valence-corrected chi connectivity index (χ3v) is 4.70. The van der Waals surface area contributed by atoms with E-state index in [1.54, 1.807) is 0 Å². The Kier molecular flexibility index (Phi) is 6.79. The van der Waals surface area contributed by atoms with Gasteiger partial charge in [0.05, 0.1) is 22.8 Å². The van der Waals surface area contributed by atoms with Gasteiger partial charge in [-0.3, -0.25) is 0 Å². The normalized spacial score (nSPS) is 10.5. The van der Waals surface area contributed by atoms with Crippen molar-refractivity contribution in [3.05, 3.63) is 58.9 Å². The maximum absolute atomic E-state index is 9.28. The third-order valence-electron chi connectivity index (χ3n) is 4.70. The number of halogens is 1. The summed E-state index contributed by atoms with van der Waals surface area (Å²) < 4.78 is 2.05. The molecule has 4 nitrogen and oxygen atoms in total. The highest BCUT2D eigenvalue weighted by molar-refractivity contribution is 5.85. The van der Waals surface area contributed by atoms with Crippen LogP contribution < -0.4 is 5.73 Å². The molecule has 136 valence electrons. The van der Waals surface area contributed by atoms with Crippen molar-refractivity contribution in [2.45, 2.75) is 39.5 Å². The van der Waals surface area contributed by atoms with E-state index in [0.717, 1.165) is 42.5 Å². The van der Waals surface area contributed by atoms with Crippen molar-refractivity contribution in [2.24, 2.45) is 5.73 Å². The van der Waals surface area contributed by atoms with E-state index in [4.69, 9.17) is 10.8 Å². The van der Waals surface area contributed by atoms with E-state index in [0.29, 0.717) is 12.1 Å². The lowest BCUT2D eigenvalue weighted by Gasteiger charge is -2.16. The lowest BCUT2D eigenvalue weighted by Crippen LogP contribution is -2.07. The highest BCUT2D eigenvalue weighted by Crippen LogP contribution is 2.32. The molecule has 26 heavy (non-hydrogen) atoms. The Morgan fingerprint density at radius 2 is 2.00 bits per heavy atom. The van der Waals surface area contributed by atoms with Gasteiger partial charge in [0.25, 0.3) is 0 Å². The molecule has 2 aromatic heterocycles. The van der Waals surface area contributed by atoms with Gasteiger partial charge in [-0.05, 0) is 74.5 Å². The zero-order chi connectivity index (χ0) is 17.8. The van der Waals surface area contributed by atoms with Gasteiger partial charge in [-0.1, -0.05) is 19.1 Å². The molecule has 0 radical (unpaired) electrons. The van der Waals surface area contributed by atoms with E-state index in [9.17, 15) is 5.26 Å². The average molecular weight is 369 g/mol. The Morgan fingerprint density at radius 1 is 1.19 bits per heavy atom. The first-order chi connectivity index (χ1) is 12.2. The number of nitriles is 1. The van der Waals surface area contributed by atoms with Crippen LogP contribution in [-0.4, -0.2) is 16.2 Å². The summed E-state index contributed by atoms with van der Waals surface area (Å²) in [5.74, 6) is 0. The van der Waals surface area contributed by atoms with Crippen LogP contribution in [0.2, 0.25) is 0 Å². The number of nitrogens with two attached hydrogens (primary N) is 1. The number of nitrogens with zero attached hydrogens (tertiary/aromatic N) is 3. The Labute approximate surface area is 161 Å². The van der Waals surface area contributed by atoms with E-state index in [1.807, 2.05) is 18.2 Å². The summed E-state index contributed by atoms with van der Waals surface area (Å²) in [6.45, 7) is 4.93. The number of rotatable bonds is 6. The largest absolute Gasteiger partial charge is 0.330 e. The van der Waals surface area contributed by atoms with Gasteiger partial charge in [0.2, 0.25) is 0 Å². The minimum atomic E-state index is 0. The van der Waals surface area contributed by atoms with E-state index in [1.165, 1.54) is 16.8 Å². The summed E-state index contributed by atoms with van der Waals surface area (Å²) in [5.41, 5.74) is 13.3. The minimum absolute atomic E-state index is 0. The Balaban J connectivity index is 0.00000243. The number of aryl methyl sites for hydroxylation is 2. The first-order valence-electron chi connectivity index (χ1n) is 8.90. The van der Waals surface area contributed by atoms with Crippen molar-refractivity contribution >= 4 is 17.9 Å². The van der Waals surface area contributed by atoms with Crippen molar-refractivity contribution < 1.29 is 0 Å². The van der Waals surface area contributed by atoms with Gasteiger partial charge in [0.15, 0.2) is 0 Å². The second-order valence-electron chi connectivity index (χ2n) is 6.35. The van der Waals surface area contributed by atoms with Crippen molar-refractivity contribution in [1.82, 2.24) is 9.61 Å². The van der Waals surface area contributed by atoms with Gasteiger partial charge < -0.3 is 5.73 Å². The molecule has 0 saturated carbocycles. The van der Waals surface area contributed by atoms with Gasteiger partial charge in [-0.15, -0.1) is 12.4 Å². The smallest absolute Gasteiger partial charge is 0.0991 e. The molecule has 3 aromatic rings. The molecular formula is C21H25ClN4. The molecule has 2 N–H and O–H groups in total. The van der Waals surface area contributed by atoms with Gasteiger partial charge in [-0.25, -0.2) is 4.52 Å². The van der Waals surface area contributed by atoms with Crippen LogP contribution in [0.1, 0.15) is 42.3 Å². The molecule has 0 aliphatic heterocycles. The molecule has 0 fully saturated rings. The average Bonchev–Trinajstić information content (AvgIpc) is 3.04. The molecule has 0 aliphatic carbocycles. The second kappa shape index (κ2) is 8.84. The van der Waals surface area contributed by atoms with Gasteiger partial charge in [0.1, 0.15) is 0 Å². The molecular weight excluding hydrogens is 344 g/mol. The fourth-order valence-electron chi connectivity index (χ4n) is 3.41. The molecule has 5 heteroatoms. The lowest BCUT2D eigenvalue weighted by molar-refractivity contribution is 0.732. The molecule has 0 saturated heterocycles. The molecule has 0 aliphatic rings. The quantitative estimate of drug-likeness (QED) is 0.653. The highest BCUT2D eigenvalue weighted by atomic mass is 35.5. The lowest BCUT2D eigenvalue weighted by atomic mass is 9.94. The van der Waals surface area contributed by atoms with Crippen LogP contribution in [0.5, 0.6) is 0 Å². The molecule has 0 amide bonds. The monoisotopic (exact) mass is 368 g/mol. The van der Waals surface area contributed by atoms with Crippen LogP contribution in [0, 0.1) is 18.3 Å². The highest BCUT2D eigenvalue weighted by Gasteiger charge is 2.16. The maximum Gasteiger partial charge on any atom is 0.0991 e. The van der Waals surface area contributed by atoms with Crippen molar-refractivity contribution in [2.75, 3.05) is 6.54 Å². The summed E-state index contributed by atoms with van der Waals surface area (Å²) in [4.78, 5) is 0. The number of fused-ring (bicyclic) bond motifs is 1. The predicted octanol–water partition coefficient (Wildman–Crippen LogP) is 4.45. The van der Waals surface area contributed by atoms with Crippen LogP contribution in [-0.2, 0) is 12.8 Å². The topological polar surface area (TPSA) is 67.1 Å². The number of aromatic nitrogens is 2. The van der Waals surface area contributed by atoms with Crippen LogP contribution in [0.4, 0.5) is 0 Å². The molecule has 2 heterocycles. The van der Waals surface area contributed by atoms with Gasteiger partial charge in [0, 0.05) is 11.3 Å². The summed E-state index contributed by atoms with van der Waals surface area (Å²) in [7, 11) is 0. The fraction of sp³-hybridized carbons (Fsp3) is 0.333. The molecule has 3 rings (SSSR count).